The highest BCUT2D eigenvalue weighted by molar-refractivity contribution is 7.80. The monoisotopic (exact) mass is 583 g/mol. The lowest BCUT2D eigenvalue weighted by atomic mass is 10.0. The van der Waals surface area contributed by atoms with Gasteiger partial charge in [-0.15, -0.1) is 0 Å². The standard InChI is InChI=1S/C28H33N5O7S/c29-19(15-41)25(36)31-21(10-11-24(34)35)26(37)32-22(12-16-6-2-1-3-7-16)27(38)33-23(28(39)40)13-17-14-30-20-9-5-4-8-18(17)20/h1-9,14,19,21-23,30,41H,10-13,15,29H2,(H,31,36)(H,32,37)(H,33,38)(H,34,35)(H,39,40). The van der Waals surface area contributed by atoms with Crippen molar-refractivity contribution in [3.63, 3.8) is 0 Å². The lowest BCUT2D eigenvalue weighted by molar-refractivity contribution is -0.142. The molecule has 2 aromatic carbocycles. The highest BCUT2D eigenvalue weighted by Crippen LogP contribution is 2.19. The minimum Gasteiger partial charge on any atom is -0.481 e. The quantitative estimate of drug-likeness (QED) is 0.119. The fraction of sp³-hybridized carbons (Fsp3) is 0.321. The maximum Gasteiger partial charge on any atom is 0.326 e. The number of fused-ring (bicyclic) bond motifs is 1. The molecule has 0 aliphatic heterocycles. The fourth-order valence-corrected chi connectivity index (χ4v) is 4.39. The molecule has 0 saturated heterocycles. The van der Waals surface area contributed by atoms with Gasteiger partial charge < -0.3 is 36.9 Å². The van der Waals surface area contributed by atoms with E-state index in [1.807, 2.05) is 24.3 Å². The zero-order valence-electron chi connectivity index (χ0n) is 22.1. The molecule has 8 N–H and O–H groups in total. The molecular formula is C28H33N5O7S. The lowest BCUT2D eigenvalue weighted by Crippen LogP contribution is -2.58. The van der Waals surface area contributed by atoms with Gasteiger partial charge in [0.25, 0.3) is 0 Å². The van der Waals surface area contributed by atoms with Gasteiger partial charge in [-0.05, 0) is 23.6 Å². The molecule has 0 aliphatic rings. The van der Waals surface area contributed by atoms with E-state index in [9.17, 15) is 29.1 Å². The van der Waals surface area contributed by atoms with Crippen LogP contribution in [0.5, 0.6) is 0 Å². The Balaban J connectivity index is 1.82. The van der Waals surface area contributed by atoms with Gasteiger partial charge in [-0.2, -0.15) is 12.6 Å². The van der Waals surface area contributed by atoms with Crippen molar-refractivity contribution in [3.05, 3.63) is 71.9 Å². The number of benzene rings is 2. The number of aromatic amines is 1. The molecule has 218 valence electrons. The molecule has 1 heterocycles. The van der Waals surface area contributed by atoms with E-state index in [0.717, 1.165) is 10.9 Å². The number of carbonyl (C=O) groups is 5. The first-order valence-electron chi connectivity index (χ1n) is 12.9. The highest BCUT2D eigenvalue weighted by Gasteiger charge is 2.31. The molecule has 0 bridgehead atoms. The molecule has 3 aromatic rings. The number of hydrogen-bond donors (Lipinski definition) is 8. The van der Waals surface area contributed by atoms with Crippen molar-refractivity contribution in [3.8, 4) is 0 Å². The molecule has 1 aromatic heterocycles. The van der Waals surface area contributed by atoms with E-state index < -0.39 is 60.2 Å². The van der Waals surface area contributed by atoms with Crippen LogP contribution >= 0.6 is 12.6 Å². The predicted molar refractivity (Wildman–Crippen MR) is 154 cm³/mol. The van der Waals surface area contributed by atoms with Crippen molar-refractivity contribution in [2.45, 2.75) is 49.9 Å². The SMILES string of the molecule is NC(CS)C(=O)NC(CCC(=O)O)C(=O)NC(Cc1ccccc1)C(=O)NC(Cc1c[nH]c2ccccc12)C(=O)O. The van der Waals surface area contributed by atoms with Crippen LogP contribution in [0.3, 0.4) is 0 Å². The number of thiol groups is 1. The summed E-state index contributed by atoms with van der Waals surface area (Å²) in [6, 6.07) is 11.2. The third-order valence-corrected chi connectivity index (χ3v) is 6.84. The van der Waals surface area contributed by atoms with Crippen LogP contribution in [-0.2, 0) is 36.8 Å². The van der Waals surface area contributed by atoms with Gasteiger partial charge in [0.05, 0.1) is 6.04 Å². The van der Waals surface area contributed by atoms with Gasteiger partial charge in [-0.3, -0.25) is 19.2 Å². The molecule has 0 fully saturated rings. The molecule has 0 radical (unpaired) electrons. The first-order valence-corrected chi connectivity index (χ1v) is 13.5. The molecule has 0 saturated carbocycles. The predicted octanol–water partition coefficient (Wildman–Crippen LogP) is 0.614. The number of hydrogen-bond acceptors (Lipinski definition) is 7. The minimum atomic E-state index is -1.31. The number of nitrogens with one attached hydrogen (secondary N) is 4. The number of nitrogens with two attached hydrogens (primary N) is 1. The number of amides is 3. The topological polar surface area (TPSA) is 204 Å². The van der Waals surface area contributed by atoms with Crippen molar-refractivity contribution >= 4 is 53.2 Å². The zero-order chi connectivity index (χ0) is 29.9. The summed E-state index contributed by atoms with van der Waals surface area (Å²) >= 11 is 3.97. The lowest BCUT2D eigenvalue weighted by Gasteiger charge is -2.25. The Morgan fingerprint density at radius 1 is 0.805 bits per heavy atom. The molecule has 0 aliphatic carbocycles. The number of aromatic nitrogens is 1. The smallest absolute Gasteiger partial charge is 0.326 e. The summed E-state index contributed by atoms with van der Waals surface area (Å²) in [5, 5.41) is 27.3. The van der Waals surface area contributed by atoms with Gasteiger partial charge in [0.15, 0.2) is 0 Å². The number of carbonyl (C=O) groups excluding carboxylic acids is 3. The third-order valence-electron chi connectivity index (χ3n) is 6.44. The second-order valence-corrected chi connectivity index (χ2v) is 9.86. The van der Waals surface area contributed by atoms with E-state index in [0.29, 0.717) is 11.1 Å². The Bertz CT molecular complexity index is 1380. The number of H-pyrrole nitrogens is 1. The summed E-state index contributed by atoms with van der Waals surface area (Å²) < 4.78 is 0. The first-order chi connectivity index (χ1) is 19.6. The van der Waals surface area contributed by atoms with Gasteiger partial charge in [0.1, 0.15) is 18.1 Å². The molecule has 3 amide bonds. The molecule has 4 unspecified atom stereocenters. The summed E-state index contributed by atoms with van der Waals surface area (Å²) in [4.78, 5) is 65.4. The second-order valence-electron chi connectivity index (χ2n) is 9.50. The highest BCUT2D eigenvalue weighted by atomic mass is 32.1. The Hall–Kier alpha value is -4.36. The summed E-state index contributed by atoms with van der Waals surface area (Å²) in [5.74, 6) is -4.74. The van der Waals surface area contributed by atoms with Crippen LogP contribution in [0.25, 0.3) is 10.9 Å². The number of carboxylic acids is 2. The van der Waals surface area contributed by atoms with E-state index in [1.165, 1.54) is 0 Å². The second kappa shape index (κ2) is 14.9. The van der Waals surface area contributed by atoms with E-state index in [1.54, 1.807) is 36.5 Å². The van der Waals surface area contributed by atoms with E-state index in [2.05, 4.69) is 33.6 Å². The number of carboxylic acid groups (broad SMARTS) is 2. The van der Waals surface area contributed by atoms with Crippen molar-refractivity contribution < 1.29 is 34.2 Å². The maximum absolute atomic E-state index is 13.4. The van der Waals surface area contributed by atoms with Crippen LogP contribution in [0.2, 0.25) is 0 Å². The molecule has 41 heavy (non-hydrogen) atoms. The zero-order valence-corrected chi connectivity index (χ0v) is 23.0. The van der Waals surface area contributed by atoms with Crippen molar-refractivity contribution in [2.24, 2.45) is 5.73 Å². The van der Waals surface area contributed by atoms with Crippen molar-refractivity contribution in [2.75, 3.05) is 5.75 Å². The average molecular weight is 584 g/mol. The Labute approximate surface area is 241 Å². The van der Waals surface area contributed by atoms with Crippen LogP contribution in [-0.4, -0.2) is 74.8 Å². The van der Waals surface area contributed by atoms with Gasteiger partial charge in [-0.1, -0.05) is 48.5 Å². The van der Waals surface area contributed by atoms with Gasteiger partial charge in [0.2, 0.25) is 17.7 Å². The van der Waals surface area contributed by atoms with E-state index in [-0.39, 0.29) is 25.0 Å². The Morgan fingerprint density at radius 2 is 1.41 bits per heavy atom. The largest absolute Gasteiger partial charge is 0.481 e. The Kier molecular flexibility index (Phi) is 11.3. The van der Waals surface area contributed by atoms with E-state index in [4.69, 9.17) is 10.8 Å². The first kappa shape index (κ1) is 31.2. The molecule has 4 atom stereocenters. The van der Waals surface area contributed by atoms with Crippen molar-refractivity contribution in [1.82, 2.24) is 20.9 Å². The normalized spacial score (nSPS) is 13.9. The molecule has 0 spiro atoms. The van der Waals surface area contributed by atoms with Crippen LogP contribution in [0.4, 0.5) is 0 Å². The molecule has 13 heteroatoms. The number of aliphatic carboxylic acids is 2. The summed E-state index contributed by atoms with van der Waals surface area (Å²) in [5.41, 5.74) is 7.88. The third kappa shape index (κ3) is 9.08. The molecular weight excluding hydrogens is 550 g/mol. The van der Waals surface area contributed by atoms with Crippen LogP contribution in [0.15, 0.2) is 60.8 Å². The maximum atomic E-state index is 13.4. The van der Waals surface area contributed by atoms with Gasteiger partial charge >= 0.3 is 11.9 Å². The Morgan fingerprint density at radius 3 is 2.07 bits per heavy atom. The van der Waals surface area contributed by atoms with Crippen LogP contribution < -0.4 is 21.7 Å². The van der Waals surface area contributed by atoms with Crippen LogP contribution in [0.1, 0.15) is 24.0 Å². The molecule has 12 nitrogen and oxygen atoms in total. The van der Waals surface area contributed by atoms with Crippen molar-refractivity contribution in [1.29, 1.82) is 0 Å². The number of para-hydroxylation sites is 1. The average Bonchev–Trinajstić information content (AvgIpc) is 3.36. The van der Waals surface area contributed by atoms with Crippen LogP contribution in [0, 0.1) is 0 Å². The van der Waals surface area contributed by atoms with Gasteiger partial charge in [-0.25, -0.2) is 4.79 Å². The number of rotatable bonds is 15. The summed E-state index contributed by atoms with van der Waals surface area (Å²) in [6.45, 7) is 0. The molecule has 3 rings (SSSR count). The van der Waals surface area contributed by atoms with Gasteiger partial charge in [0, 0.05) is 42.1 Å². The minimum absolute atomic E-state index is 0.00753. The summed E-state index contributed by atoms with van der Waals surface area (Å²) in [7, 11) is 0. The fourth-order valence-electron chi connectivity index (χ4n) is 4.22. The summed E-state index contributed by atoms with van der Waals surface area (Å²) in [6.07, 6.45) is 0.977. The van der Waals surface area contributed by atoms with E-state index >= 15 is 0 Å².